The van der Waals surface area contributed by atoms with E-state index < -0.39 is 15.1 Å². The Hall–Kier alpha value is -2.98. The molecule has 36 heavy (non-hydrogen) atoms. The number of nitrogens with one attached hydrogen (secondary N) is 2. The van der Waals surface area contributed by atoms with Gasteiger partial charge in [-0.3, -0.25) is 4.98 Å². The van der Waals surface area contributed by atoms with Gasteiger partial charge in [0.15, 0.2) is 15.7 Å². The van der Waals surface area contributed by atoms with Crippen molar-refractivity contribution in [3.8, 4) is 0 Å². The molecule has 3 aromatic rings. The van der Waals surface area contributed by atoms with Crippen molar-refractivity contribution >= 4 is 44.7 Å². The molecule has 0 radical (unpaired) electrons. The van der Waals surface area contributed by atoms with Crippen molar-refractivity contribution in [3.05, 3.63) is 53.6 Å². The van der Waals surface area contributed by atoms with Crippen molar-refractivity contribution in [3.63, 3.8) is 0 Å². The minimum atomic E-state index is -3.49. The number of piperidine rings is 1. The molecule has 0 amide bonds. The van der Waals surface area contributed by atoms with E-state index in [4.69, 9.17) is 11.6 Å². The number of halogens is 1. The fourth-order valence-electron chi connectivity index (χ4n) is 3.94. The van der Waals surface area contributed by atoms with Gasteiger partial charge in [-0.05, 0) is 44.7 Å². The zero-order valence-corrected chi connectivity index (χ0v) is 22.5. The normalized spacial score (nSPS) is 14.9. The first-order valence-electron chi connectivity index (χ1n) is 12.1. The van der Waals surface area contributed by atoms with Crippen LogP contribution in [0.15, 0.2) is 47.8 Å². The molecule has 0 unspecified atom stereocenters. The van der Waals surface area contributed by atoms with Gasteiger partial charge in [-0.25, -0.2) is 18.4 Å². The number of rotatable bonds is 8. The Bertz CT molecular complexity index is 1290. The molecule has 0 spiro atoms. The number of para-hydroxylation sites is 1. The third-order valence-corrected chi connectivity index (χ3v) is 8.68. The fraction of sp³-hybridized carbons (Fsp3) is 0.440. The lowest BCUT2D eigenvalue weighted by atomic mass is 10.1. The van der Waals surface area contributed by atoms with Crippen LogP contribution < -0.4 is 15.5 Å². The molecule has 2 aromatic heterocycles. The molecule has 1 saturated heterocycles. The zero-order valence-electron chi connectivity index (χ0n) is 20.9. The Labute approximate surface area is 217 Å². The van der Waals surface area contributed by atoms with Gasteiger partial charge in [-0.15, -0.1) is 0 Å². The van der Waals surface area contributed by atoms with Gasteiger partial charge in [0.05, 0.1) is 40.1 Å². The molecule has 1 aliphatic heterocycles. The standard InChI is InChI=1S/C25H32ClN7O2S/c1-16(2)21-14-28-23(15-27-21)30-18-9-11-33(12-10-18)25-29-13-19(26)24(32-25)31-20-7-5-6-8-22(20)36(34,35)17(3)4/h5-8,13-18H,9-12H2,1-4H3,(H,28,30)(H,29,31,32). The van der Waals surface area contributed by atoms with Gasteiger partial charge < -0.3 is 15.5 Å². The summed E-state index contributed by atoms with van der Waals surface area (Å²) in [5.74, 6) is 2.04. The maximum Gasteiger partial charge on any atom is 0.227 e. The van der Waals surface area contributed by atoms with Gasteiger partial charge in [0.2, 0.25) is 5.95 Å². The summed E-state index contributed by atoms with van der Waals surface area (Å²) in [6, 6.07) is 7.05. The Balaban J connectivity index is 1.44. The highest BCUT2D eigenvalue weighted by atomic mass is 35.5. The van der Waals surface area contributed by atoms with Crippen LogP contribution in [0.1, 0.15) is 52.1 Å². The molecule has 0 aliphatic carbocycles. The summed E-state index contributed by atoms with van der Waals surface area (Å²) in [4.78, 5) is 20.3. The summed E-state index contributed by atoms with van der Waals surface area (Å²) in [5.41, 5.74) is 1.41. The van der Waals surface area contributed by atoms with E-state index in [2.05, 4.69) is 49.3 Å². The lowest BCUT2D eigenvalue weighted by Crippen LogP contribution is -2.40. The Morgan fingerprint density at radius 2 is 1.72 bits per heavy atom. The van der Waals surface area contributed by atoms with Crippen LogP contribution in [0.3, 0.4) is 0 Å². The van der Waals surface area contributed by atoms with E-state index in [-0.39, 0.29) is 10.9 Å². The van der Waals surface area contributed by atoms with Crippen molar-refractivity contribution in [1.82, 2.24) is 19.9 Å². The summed E-state index contributed by atoms with van der Waals surface area (Å²) in [5, 5.41) is 6.35. The number of hydrogen-bond acceptors (Lipinski definition) is 9. The molecule has 1 aliphatic rings. The number of nitrogens with zero attached hydrogens (tertiary/aromatic N) is 5. The van der Waals surface area contributed by atoms with Crippen molar-refractivity contribution < 1.29 is 8.42 Å². The van der Waals surface area contributed by atoms with E-state index in [0.717, 1.165) is 37.4 Å². The van der Waals surface area contributed by atoms with Crippen molar-refractivity contribution in [2.45, 2.75) is 62.6 Å². The molecule has 0 atom stereocenters. The monoisotopic (exact) mass is 529 g/mol. The highest BCUT2D eigenvalue weighted by Gasteiger charge is 2.25. The van der Waals surface area contributed by atoms with E-state index in [1.54, 1.807) is 50.5 Å². The molecule has 4 rings (SSSR count). The van der Waals surface area contributed by atoms with Crippen molar-refractivity contribution in [2.75, 3.05) is 28.6 Å². The Morgan fingerprint density at radius 3 is 2.36 bits per heavy atom. The molecule has 2 N–H and O–H groups in total. The Morgan fingerprint density at radius 1 is 1.00 bits per heavy atom. The minimum Gasteiger partial charge on any atom is -0.366 e. The zero-order chi connectivity index (χ0) is 25.9. The van der Waals surface area contributed by atoms with Gasteiger partial charge in [0.25, 0.3) is 0 Å². The van der Waals surface area contributed by atoms with Crippen molar-refractivity contribution in [2.24, 2.45) is 0 Å². The topological polar surface area (TPSA) is 113 Å². The van der Waals surface area contributed by atoms with E-state index in [1.165, 1.54) is 0 Å². The maximum atomic E-state index is 12.8. The Kier molecular flexibility index (Phi) is 7.94. The average Bonchev–Trinajstić information content (AvgIpc) is 2.86. The number of aromatic nitrogens is 4. The second kappa shape index (κ2) is 11.0. The number of sulfone groups is 1. The van der Waals surface area contributed by atoms with Crippen LogP contribution in [-0.2, 0) is 9.84 Å². The van der Waals surface area contributed by atoms with E-state index in [9.17, 15) is 8.42 Å². The van der Waals surface area contributed by atoms with Gasteiger partial charge >= 0.3 is 0 Å². The van der Waals surface area contributed by atoms with Crippen LogP contribution in [0.25, 0.3) is 0 Å². The third-order valence-electron chi connectivity index (χ3n) is 6.19. The molecule has 1 fully saturated rings. The second-order valence-electron chi connectivity index (χ2n) is 9.47. The molecule has 3 heterocycles. The number of benzene rings is 1. The first kappa shape index (κ1) is 26.1. The highest BCUT2D eigenvalue weighted by Crippen LogP contribution is 2.31. The number of anilines is 4. The predicted molar refractivity (Wildman–Crippen MR) is 144 cm³/mol. The first-order chi connectivity index (χ1) is 17.1. The summed E-state index contributed by atoms with van der Waals surface area (Å²) in [6.45, 7) is 9.03. The average molecular weight is 530 g/mol. The number of hydrogen-bond donors (Lipinski definition) is 2. The van der Waals surface area contributed by atoms with E-state index in [1.807, 2.05) is 6.20 Å². The van der Waals surface area contributed by atoms with Gasteiger partial charge in [0, 0.05) is 19.1 Å². The summed E-state index contributed by atoms with van der Waals surface area (Å²) in [6.07, 6.45) is 6.93. The van der Waals surface area contributed by atoms with Gasteiger partial charge in [-0.2, -0.15) is 4.98 Å². The lowest BCUT2D eigenvalue weighted by molar-refractivity contribution is 0.518. The summed E-state index contributed by atoms with van der Waals surface area (Å²) < 4.78 is 25.6. The van der Waals surface area contributed by atoms with Crippen LogP contribution in [0.4, 0.5) is 23.3 Å². The fourth-order valence-corrected chi connectivity index (χ4v) is 5.28. The van der Waals surface area contributed by atoms with Crippen LogP contribution in [0, 0.1) is 0 Å². The lowest BCUT2D eigenvalue weighted by Gasteiger charge is -2.32. The molecule has 1 aromatic carbocycles. The van der Waals surface area contributed by atoms with Crippen molar-refractivity contribution in [1.29, 1.82) is 0 Å². The van der Waals surface area contributed by atoms with Crippen LogP contribution >= 0.6 is 11.6 Å². The van der Waals surface area contributed by atoms with E-state index in [0.29, 0.717) is 28.4 Å². The molecule has 11 heteroatoms. The quantitative estimate of drug-likeness (QED) is 0.413. The maximum absolute atomic E-state index is 12.8. The minimum absolute atomic E-state index is 0.215. The smallest absolute Gasteiger partial charge is 0.227 e. The second-order valence-corrected chi connectivity index (χ2v) is 12.3. The van der Waals surface area contributed by atoms with Gasteiger partial charge in [0.1, 0.15) is 10.8 Å². The summed E-state index contributed by atoms with van der Waals surface area (Å²) >= 11 is 6.38. The molecular formula is C25H32ClN7O2S. The van der Waals surface area contributed by atoms with Crippen LogP contribution in [0.5, 0.6) is 0 Å². The molecule has 0 saturated carbocycles. The molecule has 0 bridgehead atoms. The van der Waals surface area contributed by atoms with Gasteiger partial charge in [-0.1, -0.05) is 37.6 Å². The van der Waals surface area contributed by atoms with Crippen LogP contribution in [0.2, 0.25) is 5.02 Å². The molecule has 192 valence electrons. The SMILES string of the molecule is CC(C)c1cnc(NC2CCN(c3ncc(Cl)c(Nc4ccccc4S(=O)(=O)C(C)C)n3)CC2)cn1. The predicted octanol–water partition coefficient (Wildman–Crippen LogP) is 5.05. The van der Waals surface area contributed by atoms with E-state index >= 15 is 0 Å². The largest absolute Gasteiger partial charge is 0.366 e. The summed E-state index contributed by atoms with van der Waals surface area (Å²) in [7, 11) is -3.49. The molecular weight excluding hydrogens is 498 g/mol. The first-order valence-corrected chi connectivity index (χ1v) is 14.0. The third kappa shape index (κ3) is 5.87. The highest BCUT2D eigenvalue weighted by molar-refractivity contribution is 7.92. The molecule has 9 nitrogen and oxygen atoms in total. The van der Waals surface area contributed by atoms with Crippen LogP contribution in [-0.4, -0.2) is 52.7 Å².